The van der Waals surface area contributed by atoms with Crippen LogP contribution in [0.15, 0.2) is 120 Å². The fourth-order valence-corrected chi connectivity index (χ4v) is 5.75. The van der Waals surface area contributed by atoms with Gasteiger partial charge in [0.15, 0.2) is 0 Å². The summed E-state index contributed by atoms with van der Waals surface area (Å²) in [5.74, 6) is -0.176. The van der Waals surface area contributed by atoms with Gasteiger partial charge >= 0.3 is 6.03 Å². The van der Waals surface area contributed by atoms with Crippen LogP contribution in [-0.2, 0) is 24.3 Å². The van der Waals surface area contributed by atoms with Gasteiger partial charge in [0.05, 0.1) is 18.1 Å². The maximum atomic E-state index is 14.8. The predicted molar refractivity (Wildman–Crippen MR) is 162 cm³/mol. The SMILES string of the molecule is C[C@H]1[C@@H](c2ccccc2)N(C(=O)[C@H](Cc2ccc(Br)cc2)N(Cc2ccccc2)Cc2ccccc2)C(=O)N1C. The molecule has 3 amide bonds. The number of hydrogen-bond acceptors (Lipinski definition) is 3. The van der Waals surface area contributed by atoms with E-state index in [1.165, 1.54) is 4.90 Å². The summed E-state index contributed by atoms with van der Waals surface area (Å²) in [6.45, 7) is 3.16. The lowest BCUT2D eigenvalue weighted by Gasteiger charge is -2.35. The molecule has 1 fully saturated rings. The van der Waals surface area contributed by atoms with Gasteiger partial charge in [0.25, 0.3) is 0 Å². The molecular formula is C34H34BrN3O2. The number of imide groups is 1. The number of nitrogens with zero attached hydrogens (tertiary/aromatic N) is 3. The Bertz CT molecular complexity index is 1370. The topological polar surface area (TPSA) is 43.9 Å². The first-order chi connectivity index (χ1) is 19.4. The molecular weight excluding hydrogens is 562 g/mol. The Kier molecular flexibility index (Phi) is 8.78. The van der Waals surface area contributed by atoms with Gasteiger partial charge in [0, 0.05) is 24.6 Å². The predicted octanol–water partition coefficient (Wildman–Crippen LogP) is 7.09. The van der Waals surface area contributed by atoms with E-state index in [2.05, 4.69) is 45.1 Å². The van der Waals surface area contributed by atoms with Crippen LogP contribution in [0.2, 0.25) is 0 Å². The summed E-state index contributed by atoms with van der Waals surface area (Å²) in [6, 6.07) is 37.1. The Hall–Kier alpha value is -3.74. The van der Waals surface area contributed by atoms with Crippen molar-refractivity contribution in [2.45, 2.75) is 44.6 Å². The first kappa shape index (κ1) is 27.8. The number of amides is 3. The van der Waals surface area contributed by atoms with Crippen LogP contribution in [0.4, 0.5) is 4.79 Å². The maximum absolute atomic E-state index is 14.8. The largest absolute Gasteiger partial charge is 0.327 e. The molecule has 4 aromatic carbocycles. The van der Waals surface area contributed by atoms with Crippen molar-refractivity contribution in [2.75, 3.05) is 7.05 Å². The number of halogens is 1. The molecule has 0 spiro atoms. The van der Waals surface area contributed by atoms with Crippen LogP contribution in [-0.4, -0.2) is 45.8 Å². The lowest BCUT2D eigenvalue weighted by Crippen LogP contribution is -2.51. The van der Waals surface area contributed by atoms with Gasteiger partial charge in [-0.05, 0) is 47.7 Å². The van der Waals surface area contributed by atoms with E-state index in [1.807, 2.05) is 97.9 Å². The summed E-state index contributed by atoms with van der Waals surface area (Å²) in [7, 11) is 1.78. The fourth-order valence-electron chi connectivity index (χ4n) is 5.49. The van der Waals surface area contributed by atoms with Gasteiger partial charge < -0.3 is 4.90 Å². The van der Waals surface area contributed by atoms with Gasteiger partial charge in [-0.25, -0.2) is 4.79 Å². The van der Waals surface area contributed by atoms with Gasteiger partial charge in [-0.15, -0.1) is 0 Å². The van der Waals surface area contributed by atoms with Crippen LogP contribution in [0.1, 0.15) is 35.2 Å². The zero-order valence-electron chi connectivity index (χ0n) is 22.9. The summed E-state index contributed by atoms with van der Waals surface area (Å²) in [4.78, 5) is 33.8. The minimum Gasteiger partial charge on any atom is -0.322 e. The third-order valence-electron chi connectivity index (χ3n) is 7.76. The number of urea groups is 1. The van der Waals surface area contributed by atoms with Crippen LogP contribution in [0, 0.1) is 0 Å². The van der Waals surface area contributed by atoms with E-state index in [9.17, 15) is 9.59 Å². The number of likely N-dealkylation sites (N-methyl/N-ethyl adjacent to an activating group) is 1. The van der Waals surface area contributed by atoms with Crippen molar-refractivity contribution in [1.82, 2.24) is 14.7 Å². The lowest BCUT2D eigenvalue weighted by molar-refractivity contribution is -0.135. The molecule has 6 heteroatoms. The molecule has 4 aromatic rings. The quantitative estimate of drug-likeness (QED) is 0.207. The van der Waals surface area contributed by atoms with Crippen molar-refractivity contribution >= 4 is 27.9 Å². The van der Waals surface area contributed by atoms with Crippen LogP contribution >= 0.6 is 15.9 Å². The monoisotopic (exact) mass is 595 g/mol. The summed E-state index contributed by atoms with van der Waals surface area (Å²) in [5, 5.41) is 0. The molecule has 1 aliphatic heterocycles. The average molecular weight is 597 g/mol. The van der Waals surface area contributed by atoms with Crippen molar-refractivity contribution in [3.8, 4) is 0 Å². The molecule has 40 heavy (non-hydrogen) atoms. The summed E-state index contributed by atoms with van der Waals surface area (Å²) in [5.41, 5.74) is 4.23. The van der Waals surface area contributed by atoms with E-state index in [0.717, 1.165) is 26.7 Å². The fraction of sp³-hybridized carbons (Fsp3) is 0.235. The van der Waals surface area contributed by atoms with Crippen molar-refractivity contribution in [3.05, 3.63) is 142 Å². The van der Waals surface area contributed by atoms with Gasteiger partial charge in [-0.2, -0.15) is 0 Å². The highest BCUT2D eigenvalue weighted by atomic mass is 79.9. The molecule has 0 unspecified atom stereocenters. The highest BCUT2D eigenvalue weighted by Crippen LogP contribution is 2.36. The zero-order chi connectivity index (χ0) is 28.1. The Morgan fingerprint density at radius 2 is 1.27 bits per heavy atom. The second-order valence-electron chi connectivity index (χ2n) is 10.4. The molecule has 3 atom stereocenters. The number of hydrogen-bond donors (Lipinski definition) is 0. The first-order valence-electron chi connectivity index (χ1n) is 13.6. The smallest absolute Gasteiger partial charge is 0.322 e. The molecule has 0 N–H and O–H groups in total. The van der Waals surface area contributed by atoms with Gasteiger partial charge in [0.1, 0.15) is 0 Å². The number of carbonyl (C=O) groups is 2. The Balaban J connectivity index is 1.58. The van der Waals surface area contributed by atoms with Gasteiger partial charge in [-0.3, -0.25) is 14.6 Å². The van der Waals surface area contributed by atoms with Gasteiger partial charge in [-0.1, -0.05) is 119 Å². The van der Waals surface area contributed by atoms with Crippen molar-refractivity contribution in [2.24, 2.45) is 0 Å². The van der Waals surface area contributed by atoms with Crippen LogP contribution in [0.25, 0.3) is 0 Å². The molecule has 5 nitrogen and oxygen atoms in total. The second kappa shape index (κ2) is 12.6. The van der Waals surface area contributed by atoms with Crippen molar-refractivity contribution in [3.63, 3.8) is 0 Å². The molecule has 1 aliphatic rings. The van der Waals surface area contributed by atoms with Gasteiger partial charge in [0.2, 0.25) is 5.91 Å². The minimum atomic E-state index is -0.560. The highest BCUT2D eigenvalue weighted by Gasteiger charge is 2.48. The number of carbonyl (C=O) groups excluding carboxylic acids is 2. The molecule has 5 rings (SSSR count). The zero-order valence-corrected chi connectivity index (χ0v) is 24.4. The first-order valence-corrected chi connectivity index (χ1v) is 14.4. The third kappa shape index (κ3) is 6.19. The average Bonchev–Trinajstić information content (AvgIpc) is 3.21. The molecule has 0 radical (unpaired) electrons. The molecule has 1 saturated heterocycles. The molecule has 0 aliphatic carbocycles. The van der Waals surface area contributed by atoms with E-state index in [0.29, 0.717) is 19.5 Å². The van der Waals surface area contributed by atoms with E-state index in [1.54, 1.807) is 11.9 Å². The molecule has 0 saturated carbocycles. The normalized spacial score (nSPS) is 17.9. The molecule has 1 heterocycles. The standard InChI is InChI=1S/C34H34BrN3O2/c1-25-32(29-16-10-5-11-17-29)38(34(40)36(25)2)33(39)31(22-26-18-20-30(35)21-19-26)37(23-27-12-6-3-7-13-27)24-28-14-8-4-9-15-28/h3-21,25,31-32H,22-24H2,1-2H3/t25-,31-,32-/m0/s1. The highest BCUT2D eigenvalue weighted by molar-refractivity contribution is 9.10. The second-order valence-corrected chi connectivity index (χ2v) is 11.3. The van der Waals surface area contributed by atoms with Crippen LogP contribution in [0.3, 0.4) is 0 Å². The Labute approximate surface area is 245 Å². The Morgan fingerprint density at radius 3 is 1.80 bits per heavy atom. The number of rotatable bonds is 9. The lowest BCUT2D eigenvalue weighted by atomic mass is 9.97. The van der Waals surface area contributed by atoms with Crippen molar-refractivity contribution < 1.29 is 9.59 Å². The van der Waals surface area contributed by atoms with Crippen LogP contribution in [0.5, 0.6) is 0 Å². The maximum Gasteiger partial charge on any atom is 0.327 e. The van der Waals surface area contributed by atoms with Crippen molar-refractivity contribution in [1.29, 1.82) is 0 Å². The Morgan fingerprint density at radius 1 is 0.775 bits per heavy atom. The van der Waals surface area contributed by atoms with E-state index >= 15 is 0 Å². The minimum absolute atomic E-state index is 0.149. The summed E-state index contributed by atoms with van der Waals surface area (Å²) >= 11 is 3.53. The van der Waals surface area contributed by atoms with E-state index < -0.39 is 6.04 Å². The van der Waals surface area contributed by atoms with E-state index in [4.69, 9.17) is 0 Å². The number of benzene rings is 4. The molecule has 0 bridgehead atoms. The summed E-state index contributed by atoms with van der Waals surface area (Å²) < 4.78 is 0.985. The molecule has 204 valence electrons. The van der Waals surface area contributed by atoms with Crippen LogP contribution < -0.4 is 0 Å². The third-order valence-corrected chi connectivity index (χ3v) is 8.29. The molecule has 0 aromatic heterocycles. The van der Waals surface area contributed by atoms with E-state index in [-0.39, 0.29) is 24.0 Å². The summed E-state index contributed by atoms with van der Waals surface area (Å²) in [6.07, 6.45) is 0.481.